The van der Waals surface area contributed by atoms with Gasteiger partial charge in [0, 0.05) is 24.6 Å². The molecule has 2 heterocycles. The molecule has 0 saturated carbocycles. The van der Waals surface area contributed by atoms with Gasteiger partial charge in [0.25, 0.3) is 5.91 Å². The number of aliphatic hydroxyl groups is 1. The van der Waals surface area contributed by atoms with Crippen LogP contribution in [0.25, 0.3) is 11.3 Å². The second-order valence-corrected chi connectivity index (χ2v) is 5.41. The number of nitrogens with zero attached hydrogens (tertiary/aromatic N) is 3. The number of amides is 1. The van der Waals surface area contributed by atoms with Crippen LogP contribution in [0.1, 0.15) is 41.7 Å². The highest BCUT2D eigenvalue weighted by molar-refractivity contribution is 5.93. The van der Waals surface area contributed by atoms with Gasteiger partial charge < -0.3 is 19.4 Å². The fraction of sp³-hybridized carbons (Fsp3) is 0.294. The van der Waals surface area contributed by atoms with Gasteiger partial charge in [-0.25, -0.2) is 0 Å². The van der Waals surface area contributed by atoms with Crippen LogP contribution in [-0.4, -0.2) is 32.9 Å². The molecule has 8 nitrogen and oxygen atoms in total. The molecule has 2 N–H and O–H groups in total. The number of aromatic nitrogens is 3. The molecule has 130 valence electrons. The first-order valence-electron chi connectivity index (χ1n) is 7.98. The van der Waals surface area contributed by atoms with Crippen molar-refractivity contribution in [1.82, 2.24) is 20.7 Å². The molecule has 0 aliphatic rings. The molecule has 2 aromatic heterocycles. The summed E-state index contributed by atoms with van der Waals surface area (Å²) in [5.41, 5.74) is 1.05. The van der Waals surface area contributed by atoms with E-state index in [2.05, 4.69) is 20.7 Å². The molecule has 8 heteroatoms. The molecule has 3 rings (SSSR count). The van der Waals surface area contributed by atoms with Crippen molar-refractivity contribution in [3.05, 3.63) is 53.9 Å². The van der Waals surface area contributed by atoms with Gasteiger partial charge in [0.05, 0.1) is 0 Å². The van der Waals surface area contributed by atoms with Crippen LogP contribution in [0.5, 0.6) is 0 Å². The molecule has 0 spiro atoms. The lowest BCUT2D eigenvalue weighted by Gasteiger charge is -2.00. The molecule has 0 bridgehead atoms. The summed E-state index contributed by atoms with van der Waals surface area (Å²) in [5.74, 6) is 0.723. The van der Waals surface area contributed by atoms with Gasteiger partial charge in [-0.05, 0) is 6.42 Å². The van der Waals surface area contributed by atoms with Crippen LogP contribution in [0.3, 0.4) is 0 Å². The first kappa shape index (κ1) is 16.8. The van der Waals surface area contributed by atoms with Crippen molar-refractivity contribution in [2.45, 2.75) is 25.9 Å². The molecule has 1 amide bonds. The van der Waals surface area contributed by atoms with E-state index in [0.29, 0.717) is 31.0 Å². The average Bonchev–Trinajstić information content (AvgIpc) is 3.31. The SMILES string of the molecule is CCC(O)c1nnc(CCNC(=O)c2cc(-c3ccccc3)on2)o1. The zero-order valence-electron chi connectivity index (χ0n) is 13.7. The first-order chi connectivity index (χ1) is 12.2. The highest BCUT2D eigenvalue weighted by Crippen LogP contribution is 2.19. The van der Waals surface area contributed by atoms with E-state index in [1.807, 2.05) is 37.3 Å². The Balaban J connectivity index is 1.53. The van der Waals surface area contributed by atoms with Crippen LogP contribution in [0.2, 0.25) is 0 Å². The first-order valence-corrected chi connectivity index (χ1v) is 7.98. The summed E-state index contributed by atoms with van der Waals surface area (Å²) in [4.78, 5) is 12.1. The number of carbonyl (C=O) groups excluding carboxylic acids is 1. The molecule has 1 atom stereocenters. The zero-order chi connectivity index (χ0) is 17.6. The minimum Gasteiger partial charge on any atom is -0.422 e. The Labute approximate surface area is 143 Å². The number of hydrogen-bond acceptors (Lipinski definition) is 7. The van der Waals surface area contributed by atoms with E-state index in [1.54, 1.807) is 6.07 Å². The highest BCUT2D eigenvalue weighted by atomic mass is 16.5. The molecule has 0 saturated heterocycles. The minimum absolute atomic E-state index is 0.188. The maximum atomic E-state index is 12.1. The highest BCUT2D eigenvalue weighted by Gasteiger charge is 2.15. The Bertz CT molecular complexity index is 828. The summed E-state index contributed by atoms with van der Waals surface area (Å²) >= 11 is 0. The third kappa shape index (κ3) is 4.10. The van der Waals surface area contributed by atoms with Crippen LogP contribution < -0.4 is 5.32 Å². The fourth-order valence-corrected chi connectivity index (χ4v) is 2.17. The van der Waals surface area contributed by atoms with E-state index in [0.717, 1.165) is 5.56 Å². The normalized spacial score (nSPS) is 12.1. The van der Waals surface area contributed by atoms with Gasteiger partial charge in [0.2, 0.25) is 11.8 Å². The molecule has 0 aliphatic carbocycles. The predicted octanol–water partition coefficient (Wildman–Crippen LogP) is 2.14. The van der Waals surface area contributed by atoms with Gasteiger partial charge >= 0.3 is 0 Å². The van der Waals surface area contributed by atoms with Crippen molar-refractivity contribution < 1.29 is 18.8 Å². The number of hydrogen-bond donors (Lipinski definition) is 2. The monoisotopic (exact) mass is 342 g/mol. The molecular weight excluding hydrogens is 324 g/mol. The van der Waals surface area contributed by atoms with Crippen molar-refractivity contribution in [3.8, 4) is 11.3 Å². The predicted molar refractivity (Wildman–Crippen MR) is 87.5 cm³/mol. The maximum Gasteiger partial charge on any atom is 0.273 e. The van der Waals surface area contributed by atoms with E-state index < -0.39 is 6.10 Å². The molecule has 1 aromatic carbocycles. The van der Waals surface area contributed by atoms with E-state index in [4.69, 9.17) is 8.94 Å². The summed E-state index contributed by atoms with van der Waals surface area (Å²) in [6.45, 7) is 2.12. The van der Waals surface area contributed by atoms with Crippen LogP contribution in [-0.2, 0) is 6.42 Å². The van der Waals surface area contributed by atoms with Crippen molar-refractivity contribution in [3.63, 3.8) is 0 Å². The number of aliphatic hydroxyl groups excluding tert-OH is 1. The lowest BCUT2D eigenvalue weighted by atomic mass is 10.1. The van der Waals surface area contributed by atoms with Crippen molar-refractivity contribution in [2.75, 3.05) is 6.54 Å². The van der Waals surface area contributed by atoms with E-state index in [1.165, 1.54) is 0 Å². The molecule has 0 fully saturated rings. The maximum absolute atomic E-state index is 12.1. The van der Waals surface area contributed by atoms with Gasteiger partial charge in [-0.2, -0.15) is 0 Å². The van der Waals surface area contributed by atoms with Gasteiger partial charge in [0.1, 0.15) is 6.10 Å². The van der Waals surface area contributed by atoms with Gasteiger partial charge in [-0.1, -0.05) is 42.4 Å². The number of nitrogens with one attached hydrogen (secondary N) is 1. The molecule has 3 aromatic rings. The second-order valence-electron chi connectivity index (χ2n) is 5.41. The number of benzene rings is 1. The minimum atomic E-state index is -0.762. The second kappa shape index (κ2) is 7.71. The molecule has 0 radical (unpaired) electrons. The van der Waals surface area contributed by atoms with Crippen LogP contribution in [0.15, 0.2) is 45.3 Å². The molecule has 25 heavy (non-hydrogen) atoms. The third-order valence-electron chi connectivity index (χ3n) is 3.58. The summed E-state index contributed by atoms with van der Waals surface area (Å²) in [7, 11) is 0. The van der Waals surface area contributed by atoms with Crippen molar-refractivity contribution >= 4 is 5.91 Å². The quantitative estimate of drug-likeness (QED) is 0.676. The topological polar surface area (TPSA) is 114 Å². The Hall–Kier alpha value is -3.00. The summed E-state index contributed by atoms with van der Waals surface area (Å²) in [6.07, 6.45) is 0.0923. The lowest BCUT2D eigenvalue weighted by molar-refractivity contribution is 0.0944. The summed E-state index contributed by atoms with van der Waals surface area (Å²) in [6, 6.07) is 11.0. The molecular formula is C17H18N4O4. The van der Waals surface area contributed by atoms with E-state index in [-0.39, 0.29) is 17.5 Å². The smallest absolute Gasteiger partial charge is 0.273 e. The van der Waals surface area contributed by atoms with Crippen LogP contribution >= 0.6 is 0 Å². The van der Waals surface area contributed by atoms with Gasteiger partial charge in [0.15, 0.2) is 11.5 Å². The Morgan fingerprint density at radius 1 is 1.28 bits per heavy atom. The lowest BCUT2D eigenvalue weighted by Crippen LogP contribution is -2.26. The van der Waals surface area contributed by atoms with Crippen molar-refractivity contribution in [1.29, 1.82) is 0 Å². The average molecular weight is 342 g/mol. The molecule has 0 aliphatic heterocycles. The summed E-state index contributed by atoms with van der Waals surface area (Å²) < 4.78 is 10.5. The van der Waals surface area contributed by atoms with Crippen molar-refractivity contribution in [2.24, 2.45) is 0 Å². The van der Waals surface area contributed by atoms with Gasteiger partial charge in [-0.3, -0.25) is 4.79 Å². The number of rotatable bonds is 7. The van der Waals surface area contributed by atoms with E-state index >= 15 is 0 Å². The third-order valence-corrected chi connectivity index (χ3v) is 3.58. The Morgan fingerprint density at radius 2 is 2.08 bits per heavy atom. The number of carbonyl (C=O) groups is 1. The Morgan fingerprint density at radius 3 is 2.84 bits per heavy atom. The fourth-order valence-electron chi connectivity index (χ4n) is 2.17. The van der Waals surface area contributed by atoms with Crippen LogP contribution in [0.4, 0.5) is 0 Å². The summed E-state index contributed by atoms with van der Waals surface area (Å²) in [5, 5.41) is 23.7. The van der Waals surface area contributed by atoms with E-state index in [9.17, 15) is 9.90 Å². The Kier molecular flexibility index (Phi) is 5.20. The molecule has 1 unspecified atom stereocenters. The largest absolute Gasteiger partial charge is 0.422 e. The zero-order valence-corrected chi connectivity index (χ0v) is 13.7. The van der Waals surface area contributed by atoms with Gasteiger partial charge in [-0.15, -0.1) is 10.2 Å². The standard InChI is InChI=1S/C17H18N4O4/c1-2-13(22)17-20-19-15(24-17)8-9-18-16(23)12-10-14(25-21-12)11-6-4-3-5-7-11/h3-7,10,13,22H,2,8-9H2,1H3,(H,18,23). The van der Waals surface area contributed by atoms with Crippen LogP contribution in [0, 0.1) is 0 Å².